The van der Waals surface area contributed by atoms with Crippen molar-refractivity contribution >= 4 is 67.5 Å². The average Bonchev–Trinajstić information content (AvgIpc) is 2.98. The minimum Gasteiger partial charge on any atom is -0.0826 e. The maximum Gasteiger partial charge on any atom is 0.0379 e. The van der Waals surface area contributed by atoms with E-state index in [2.05, 4.69) is 153 Å². The maximum absolute atomic E-state index is 6.75. The summed E-state index contributed by atoms with van der Waals surface area (Å²) in [6.45, 7) is 4.51. The molecule has 184 valence electrons. The molecule has 5 aromatic rings. The quantitative estimate of drug-likeness (QED) is 0.217. The van der Waals surface area contributed by atoms with Crippen molar-refractivity contribution in [2.75, 3.05) is 0 Å². The van der Waals surface area contributed by atoms with Crippen molar-refractivity contribution < 1.29 is 0 Å². The van der Waals surface area contributed by atoms with Crippen LogP contribution >= 0.6 is 12.1 Å². The molecule has 0 heterocycles. The van der Waals surface area contributed by atoms with E-state index in [0.29, 0.717) is 5.92 Å². The van der Waals surface area contributed by atoms with Gasteiger partial charge in [0.25, 0.3) is 0 Å². The van der Waals surface area contributed by atoms with Crippen LogP contribution in [0.4, 0.5) is 0 Å². The Balaban J connectivity index is 1.85. The van der Waals surface area contributed by atoms with Crippen LogP contribution < -0.4 is 31.8 Å². The van der Waals surface area contributed by atoms with Crippen LogP contribution in [0.5, 0.6) is 0 Å². The molecule has 0 saturated heterocycles. The lowest BCUT2D eigenvalue weighted by Crippen LogP contribution is -2.31. The molecule has 0 aromatic heterocycles. The Morgan fingerprint density at radius 1 is 0.405 bits per heavy atom. The van der Waals surface area contributed by atoms with Crippen molar-refractivity contribution in [1.82, 2.24) is 0 Å². The van der Waals surface area contributed by atoms with E-state index in [9.17, 15) is 0 Å². The van der Waals surface area contributed by atoms with Gasteiger partial charge in [-0.3, -0.25) is 0 Å². The molecule has 5 rings (SSSR count). The summed E-state index contributed by atoms with van der Waals surface area (Å²) in [7, 11) is 0. The van der Waals surface area contributed by atoms with Crippen LogP contribution in [0, 0.1) is 0 Å². The summed E-state index contributed by atoms with van der Waals surface area (Å²) in [6.07, 6.45) is 0. The van der Waals surface area contributed by atoms with Crippen LogP contribution in [0.25, 0.3) is 0 Å². The standard InChI is InChI=1S/C33H30P2S2/c1-26(2)27-23-32(34(36,28-15-7-3-8-16-28)29-17-9-4-10-18-29)25-33(24-27)35(37,30-19-11-5-12-20-30)31-21-13-6-14-22-31/h3-26H,1-2H3. The highest BCUT2D eigenvalue weighted by Gasteiger charge is 2.30. The molecule has 0 aliphatic heterocycles. The van der Waals surface area contributed by atoms with Crippen molar-refractivity contribution in [2.24, 2.45) is 0 Å². The third-order valence-electron chi connectivity index (χ3n) is 6.80. The molecule has 0 radical (unpaired) electrons. The van der Waals surface area contributed by atoms with Crippen LogP contribution in [-0.4, -0.2) is 0 Å². The molecule has 0 fully saturated rings. The van der Waals surface area contributed by atoms with Gasteiger partial charge in [-0.1, -0.05) is 159 Å². The minimum absolute atomic E-state index is 0.351. The third-order valence-corrected chi connectivity index (χ3v) is 16.7. The molecule has 0 N–H and O–H groups in total. The Bertz CT molecular complexity index is 1380. The summed E-state index contributed by atoms with van der Waals surface area (Å²) in [4.78, 5) is 0. The topological polar surface area (TPSA) is 0 Å². The SMILES string of the molecule is CC(C)c1cc(P(=S)(c2ccccc2)c2ccccc2)cc(P(=S)(c2ccccc2)c2ccccc2)c1. The first kappa shape index (κ1) is 26.0. The first-order chi connectivity index (χ1) is 17.9. The van der Waals surface area contributed by atoms with Gasteiger partial charge < -0.3 is 0 Å². The van der Waals surface area contributed by atoms with E-state index < -0.39 is 12.1 Å². The van der Waals surface area contributed by atoms with E-state index in [0.717, 1.165) is 0 Å². The van der Waals surface area contributed by atoms with Gasteiger partial charge in [0.2, 0.25) is 0 Å². The summed E-state index contributed by atoms with van der Waals surface area (Å²) in [5.74, 6) is 0.351. The highest BCUT2D eigenvalue weighted by atomic mass is 32.4. The summed E-state index contributed by atoms with van der Waals surface area (Å²) < 4.78 is 0. The predicted molar refractivity (Wildman–Crippen MR) is 173 cm³/mol. The molecular formula is C33H30P2S2. The van der Waals surface area contributed by atoms with Gasteiger partial charge >= 0.3 is 0 Å². The fraction of sp³-hybridized carbons (Fsp3) is 0.0909. The summed E-state index contributed by atoms with van der Waals surface area (Å²) in [6, 6.07) is 45.1. The van der Waals surface area contributed by atoms with E-state index in [-0.39, 0.29) is 0 Å². The Morgan fingerprint density at radius 2 is 0.676 bits per heavy atom. The second kappa shape index (κ2) is 11.0. The van der Waals surface area contributed by atoms with Crippen molar-refractivity contribution in [3.63, 3.8) is 0 Å². The molecule has 0 atom stereocenters. The van der Waals surface area contributed by atoms with Gasteiger partial charge in [0.15, 0.2) is 0 Å². The molecule has 4 heteroatoms. The first-order valence-electron chi connectivity index (χ1n) is 12.5. The Hall–Kier alpha value is -2.60. The van der Waals surface area contributed by atoms with Crippen LogP contribution in [-0.2, 0) is 23.6 Å². The number of hydrogen-bond acceptors (Lipinski definition) is 2. The number of hydrogen-bond donors (Lipinski definition) is 0. The van der Waals surface area contributed by atoms with Gasteiger partial charge in [0, 0.05) is 12.1 Å². The monoisotopic (exact) mass is 552 g/mol. The fourth-order valence-electron chi connectivity index (χ4n) is 4.76. The van der Waals surface area contributed by atoms with E-state index in [4.69, 9.17) is 23.6 Å². The predicted octanol–water partition coefficient (Wildman–Crippen LogP) is 6.32. The first-order valence-corrected chi connectivity index (χ1v) is 18.1. The zero-order chi connectivity index (χ0) is 25.9. The summed E-state index contributed by atoms with van der Waals surface area (Å²) >= 11 is 13.5. The van der Waals surface area contributed by atoms with E-state index in [1.165, 1.54) is 37.4 Å². The number of benzene rings is 5. The highest BCUT2D eigenvalue weighted by molar-refractivity contribution is 8.26. The summed E-state index contributed by atoms with van der Waals surface area (Å²) in [5, 5.41) is 7.24. The van der Waals surface area contributed by atoms with Gasteiger partial charge in [-0.25, -0.2) is 0 Å². The van der Waals surface area contributed by atoms with Crippen molar-refractivity contribution in [3.8, 4) is 0 Å². The molecule has 0 saturated carbocycles. The van der Waals surface area contributed by atoms with Gasteiger partial charge in [-0.2, -0.15) is 0 Å². The van der Waals surface area contributed by atoms with Gasteiger partial charge in [0.1, 0.15) is 0 Å². The van der Waals surface area contributed by atoms with Gasteiger partial charge in [-0.05, 0) is 61.5 Å². The second-order valence-corrected chi connectivity index (χ2v) is 18.3. The molecule has 0 nitrogen and oxygen atoms in total. The molecule has 0 aliphatic carbocycles. The van der Waals surface area contributed by atoms with E-state index in [1.54, 1.807) is 0 Å². The van der Waals surface area contributed by atoms with Gasteiger partial charge in [-0.15, -0.1) is 0 Å². The van der Waals surface area contributed by atoms with E-state index >= 15 is 0 Å². The second-order valence-electron chi connectivity index (χ2n) is 9.50. The maximum atomic E-state index is 6.75. The zero-order valence-corrected chi connectivity index (χ0v) is 24.5. The lowest BCUT2D eigenvalue weighted by Gasteiger charge is -2.29. The lowest BCUT2D eigenvalue weighted by atomic mass is 10.0. The molecule has 0 unspecified atom stereocenters. The van der Waals surface area contributed by atoms with Gasteiger partial charge in [0.05, 0.1) is 0 Å². The Morgan fingerprint density at radius 3 is 0.919 bits per heavy atom. The molecule has 0 spiro atoms. The molecule has 0 bridgehead atoms. The van der Waals surface area contributed by atoms with Crippen molar-refractivity contribution in [3.05, 3.63) is 145 Å². The van der Waals surface area contributed by atoms with Crippen LogP contribution in [0.1, 0.15) is 25.3 Å². The molecular weight excluding hydrogens is 522 g/mol. The highest BCUT2D eigenvalue weighted by Crippen LogP contribution is 2.47. The molecule has 37 heavy (non-hydrogen) atoms. The van der Waals surface area contributed by atoms with E-state index in [1.807, 2.05) is 0 Å². The lowest BCUT2D eigenvalue weighted by molar-refractivity contribution is 0.869. The summed E-state index contributed by atoms with van der Waals surface area (Å²) in [5.41, 5.74) is 1.29. The van der Waals surface area contributed by atoms with Crippen molar-refractivity contribution in [1.29, 1.82) is 0 Å². The van der Waals surface area contributed by atoms with Crippen LogP contribution in [0.2, 0.25) is 0 Å². The fourth-order valence-corrected chi connectivity index (χ4v) is 12.4. The molecule has 0 aliphatic rings. The third kappa shape index (κ3) is 4.97. The zero-order valence-electron chi connectivity index (χ0n) is 21.1. The number of rotatable bonds is 7. The Kier molecular flexibility index (Phi) is 7.75. The minimum atomic E-state index is -2.32. The van der Waals surface area contributed by atoms with Crippen molar-refractivity contribution in [2.45, 2.75) is 19.8 Å². The largest absolute Gasteiger partial charge is 0.0826 e. The Labute approximate surface area is 231 Å². The molecule has 5 aromatic carbocycles. The average molecular weight is 553 g/mol. The molecule has 0 amide bonds. The smallest absolute Gasteiger partial charge is 0.0379 e. The van der Waals surface area contributed by atoms with Crippen LogP contribution in [0.15, 0.2) is 140 Å². The van der Waals surface area contributed by atoms with Crippen LogP contribution in [0.3, 0.4) is 0 Å². The normalized spacial score (nSPS) is 12.0.